The Kier molecular flexibility index (Phi) is 6.72. The topological polar surface area (TPSA) is 52.7 Å². The van der Waals surface area contributed by atoms with Gasteiger partial charge < -0.3 is 15.1 Å². The molecule has 0 spiro atoms. The predicted octanol–water partition coefficient (Wildman–Crippen LogP) is 1.51. The lowest BCUT2D eigenvalue weighted by atomic mass is 9.92. The SMILES string of the molecule is CNCC1CCN(C(=O)C2CCCN(C(=O)C3CC3)C2)CC1.Cl. The number of piperidine rings is 2. The fourth-order valence-corrected chi connectivity index (χ4v) is 3.87. The predicted molar refractivity (Wildman–Crippen MR) is 92.5 cm³/mol. The molecule has 2 amide bonds. The fraction of sp³-hybridized carbons (Fsp3) is 0.882. The second kappa shape index (κ2) is 8.34. The summed E-state index contributed by atoms with van der Waals surface area (Å²) in [6, 6.07) is 0. The molecule has 132 valence electrons. The van der Waals surface area contributed by atoms with Gasteiger partial charge in [0.15, 0.2) is 0 Å². The zero-order valence-electron chi connectivity index (χ0n) is 14.1. The number of amides is 2. The summed E-state index contributed by atoms with van der Waals surface area (Å²) in [5.74, 6) is 1.60. The normalized spacial score (nSPS) is 25.9. The maximum atomic E-state index is 12.7. The van der Waals surface area contributed by atoms with Crippen molar-refractivity contribution in [1.82, 2.24) is 15.1 Å². The number of hydrogen-bond donors (Lipinski definition) is 1. The van der Waals surface area contributed by atoms with Gasteiger partial charge in [-0.3, -0.25) is 9.59 Å². The van der Waals surface area contributed by atoms with Gasteiger partial charge in [-0.05, 0) is 58.0 Å². The number of nitrogens with zero attached hydrogens (tertiary/aromatic N) is 2. The summed E-state index contributed by atoms with van der Waals surface area (Å²) in [4.78, 5) is 29.0. The summed E-state index contributed by atoms with van der Waals surface area (Å²) in [7, 11) is 1.99. The first-order chi connectivity index (χ1) is 10.7. The standard InChI is InChI=1S/C17H29N3O2.ClH/c1-18-11-13-6-9-19(10-7-13)17(22)15-3-2-8-20(12-15)16(21)14-4-5-14;/h13-15,18H,2-12H2,1H3;1H. The first kappa shape index (κ1) is 18.5. The number of hydrogen-bond acceptors (Lipinski definition) is 3. The zero-order chi connectivity index (χ0) is 15.5. The quantitative estimate of drug-likeness (QED) is 0.842. The molecule has 3 fully saturated rings. The van der Waals surface area contributed by atoms with Crippen molar-refractivity contribution in [1.29, 1.82) is 0 Å². The molecule has 1 N–H and O–H groups in total. The van der Waals surface area contributed by atoms with Gasteiger partial charge in [0.1, 0.15) is 0 Å². The van der Waals surface area contributed by atoms with Crippen LogP contribution in [0.15, 0.2) is 0 Å². The Labute approximate surface area is 145 Å². The number of carbonyl (C=O) groups excluding carboxylic acids is 2. The summed E-state index contributed by atoms with van der Waals surface area (Å²) < 4.78 is 0. The highest BCUT2D eigenvalue weighted by Gasteiger charge is 2.38. The summed E-state index contributed by atoms with van der Waals surface area (Å²) in [6.07, 6.45) is 6.22. The minimum absolute atomic E-state index is 0. The third kappa shape index (κ3) is 4.60. The Hall–Kier alpha value is -0.810. The second-order valence-corrected chi connectivity index (χ2v) is 7.22. The number of rotatable bonds is 4. The maximum Gasteiger partial charge on any atom is 0.227 e. The van der Waals surface area contributed by atoms with E-state index in [1.807, 2.05) is 16.8 Å². The number of nitrogens with one attached hydrogen (secondary N) is 1. The van der Waals surface area contributed by atoms with Crippen LogP contribution in [0.3, 0.4) is 0 Å². The molecule has 2 heterocycles. The highest BCUT2D eigenvalue weighted by molar-refractivity contribution is 5.85. The molecule has 3 rings (SSSR count). The highest BCUT2D eigenvalue weighted by atomic mass is 35.5. The van der Waals surface area contributed by atoms with Crippen LogP contribution in [-0.2, 0) is 9.59 Å². The lowest BCUT2D eigenvalue weighted by molar-refractivity contribution is -0.142. The first-order valence-corrected chi connectivity index (χ1v) is 8.91. The van der Waals surface area contributed by atoms with E-state index in [-0.39, 0.29) is 30.2 Å². The van der Waals surface area contributed by atoms with Crippen LogP contribution in [0.5, 0.6) is 0 Å². The van der Waals surface area contributed by atoms with E-state index in [0.29, 0.717) is 18.4 Å². The zero-order valence-corrected chi connectivity index (χ0v) is 14.9. The molecule has 2 aliphatic heterocycles. The molecule has 0 aromatic heterocycles. The van der Waals surface area contributed by atoms with Crippen LogP contribution in [0.25, 0.3) is 0 Å². The van der Waals surface area contributed by atoms with Crippen molar-refractivity contribution in [2.24, 2.45) is 17.8 Å². The van der Waals surface area contributed by atoms with Gasteiger partial charge in [0.05, 0.1) is 5.92 Å². The van der Waals surface area contributed by atoms with Crippen molar-refractivity contribution in [3.8, 4) is 0 Å². The van der Waals surface area contributed by atoms with Crippen molar-refractivity contribution in [2.45, 2.75) is 38.5 Å². The summed E-state index contributed by atoms with van der Waals surface area (Å²) in [6.45, 7) is 4.33. The lowest BCUT2D eigenvalue weighted by Gasteiger charge is -2.38. The molecule has 1 unspecified atom stereocenters. The molecule has 1 atom stereocenters. The van der Waals surface area contributed by atoms with Crippen molar-refractivity contribution in [2.75, 3.05) is 39.8 Å². The summed E-state index contributed by atoms with van der Waals surface area (Å²) >= 11 is 0. The van der Waals surface area contributed by atoms with E-state index in [2.05, 4.69) is 5.32 Å². The number of carbonyl (C=O) groups is 2. The van der Waals surface area contributed by atoms with Crippen LogP contribution in [0.4, 0.5) is 0 Å². The Morgan fingerprint density at radius 2 is 1.57 bits per heavy atom. The van der Waals surface area contributed by atoms with Crippen LogP contribution in [0.1, 0.15) is 38.5 Å². The molecule has 0 bridgehead atoms. The number of halogens is 1. The third-order valence-corrected chi connectivity index (χ3v) is 5.43. The van der Waals surface area contributed by atoms with Gasteiger partial charge >= 0.3 is 0 Å². The Bertz CT molecular complexity index is 420. The van der Waals surface area contributed by atoms with Crippen molar-refractivity contribution in [3.05, 3.63) is 0 Å². The molecule has 23 heavy (non-hydrogen) atoms. The molecule has 0 radical (unpaired) electrons. The van der Waals surface area contributed by atoms with Gasteiger partial charge in [0.25, 0.3) is 0 Å². The van der Waals surface area contributed by atoms with E-state index in [1.54, 1.807) is 0 Å². The van der Waals surface area contributed by atoms with Crippen LogP contribution >= 0.6 is 12.4 Å². The minimum atomic E-state index is 0. The van der Waals surface area contributed by atoms with Gasteiger partial charge in [-0.1, -0.05) is 0 Å². The van der Waals surface area contributed by atoms with Gasteiger partial charge in [-0.2, -0.15) is 0 Å². The summed E-state index contributed by atoms with van der Waals surface area (Å²) in [5, 5.41) is 3.23. The average molecular weight is 344 g/mol. The monoisotopic (exact) mass is 343 g/mol. The second-order valence-electron chi connectivity index (χ2n) is 7.22. The lowest BCUT2D eigenvalue weighted by Crippen LogP contribution is -2.49. The van der Waals surface area contributed by atoms with E-state index in [9.17, 15) is 9.59 Å². The molecule has 5 nitrogen and oxygen atoms in total. The molecule has 3 aliphatic rings. The fourth-order valence-electron chi connectivity index (χ4n) is 3.87. The Balaban J connectivity index is 0.00000192. The van der Waals surface area contributed by atoms with E-state index >= 15 is 0 Å². The van der Waals surface area contributed by atoms with Crippen molar-refractivity contribution in [3.63, 3.8) is 0 Å². The van der Waals surface area contributed by atoms with Gasteiger partial charge in [0.2, 0.25) is 11.8 Å². The molecule has 0 aromatic rings. The van der Waals surface area contributed by atoms with Crippen LogP contribution in [0, 0.1) is 17.8 Å². The molecule has 2 saturated heterocycles. The smallest absolute Gasteiger partial charge is 0.227 e. The van der Waals surface area contributed by atoms with Crippen LogP contribution < -0.4 is 5.32 Å². The molecule has 0 aromatic carbocycles. The minimum Gasteiger partial charge on any atom is -0.342 e. The van der Waals surface area contributed by atoms with E-state index < -0.39 is 0 Å². The first-order valence-electron chi connectivity index (χ1n) is 8.91. The van der Waals surface area contributed by atoms with Crippen molar-refractivity contribution >= 4 is 24.2 Å². The highest BCUT2D eigenvalue weighted by Crippen LogP contribution is 2.33. The largest absolute Gasteiger partial charge is 0.342 e. The van der Waals surface area contributed by atoms with Crippen molar-refractivity contribution < 1.29 is 9.59 Å². The van der Waals surface area contributed by atoms with E-state index in [1.165, 1.54) is 0 Å². The molecular weight excluding hydrogens is 314 g/mol. The number of likely N-dealkylation sites (tertiary alicyclic amines) is 2. The average Bonchev–Trinajstić information content (AvgIpc) is 3.40. The van der Waals surface area contributed by atoms with Crippen LogP contribution in [-0.4, -0.2) is 61.4 Å². The molecule has 1 saturated carbocycles. The van der Waals surface area contributed by atoms with Gasteiger partial charge in [0, 0.05) is 32.1 Å². The third-order valence-electron chi connectivity index (χ3n) is 5.43. The van der Waals surface area contributed by atoms with E-state index in [0.717, 1.165) is 64.7 Å². The molecular formula is C17H30ClN3O2. The molecule has 1 aliphatic carbocycles. The Morgan fingerprint density at radius 3 is 2.17 bits per heavy atom. The van der Waals surface area contributed by atoms with E-state index in [4.69, 9.17) is 0 Å². The Morgan fingerprint density at radius 1 is 0.913 bits per heavy atom. The molecule has 6 heteroatoms. The maximum absolute atomic E-state index is 12.7. The van der Waals surface area contributed by atoms with Gasteiger partial charge in [-0.15, -0.1) is 12.4 Å². The van der Waals surface area contributed by atoms with Gasteiger partial charge in [-0.25, -0.2) is 0 Å². The summed E-state index contributed by atoms with van der Waals surface area (Å²) in [5.41, 5.74) is 0. The van der Waals surface area contributed by atoms with Crippen LogP contribution in [0.2, 0.25) is 0 Å².